The number of nitrogens with one attached hydrogen (secondary N) is 1. The van der Waals surface area contributed by atoms with Crippen LogP contribution < -0.4 is 5.32 Å². The second-order valence-electron chi connectivity index (χ2n) is 4.93. The van der Waals surface area contributed by atoms with Gasteiger partial charge in [0.1, 0.15) is 6.04 Å². The summed E-state index contributed by atoms with van der Waals surface area (Å²) in [6.07, 6.45) is 0.534. The van der Waals surface area contributed by atoms with E-state index in [1.54, 1.807) is 12.1 Å². The Labute approximate surface area is 122 Å². The van der Waals surface area contributed by atoms with Crippen LogP contribution in [0.5, 0.6) is 0 Å². The third-order valence-electron chi connectivity index (χ3n) is 3.49. The van der Waals surface area contributed by atoms with Crippen LogP contribution in [0.25, 0.3) is 11.1 Å². The van der Waals surface area contributed by atoms with Gasteiger partial charge in [0.2, 0.25) is 0 Å². The van der Waals surface area contributed by atoms with E-state index in [0.29, 0.717) is 18.6 Å². The minimum atomic E-state index is -0.522. The lowest BCUT2D eigenvalue weighted by molar-refractivity contribution is -0.139. The van der Waals surface area contributed by atoms with Crippen molar-refractivity contribution in [2.24, 2.45) is 0 Å². The zero-order valence-corrected chi connectivity index (χ0v) is 11.4. The van der Waals surface area contributed by atoms with Crippen molar-refractivity contribution in [3.8, 4) is 11.1 Å². The number of ether oxygens (including phenoxy) is 1. The van der Waals surface area contributed by atoms with Crippen molar-refractivity contribution in [1.29, 1.82) is 0 Å². The number of amides is 1. The minimum Gasteiger partial charge on any atom is -0.464 e. The van der Waals surface area contributed by atoms with Gasteiger partial charge in [0, 0.05) is 12.0 Å². The summed E-state index contributed by atoms with van der Waals surface area (Å²) in [6.45, 7) is 0.372. The fraction of sp³-hybridized carbons (Fsp3) is 0.176. The lowest BCUT2D eigenvalue weighted by Gasteiger charge is -2.09. The molecule has 0 bridgehead atoms. The van der Waals surface area contributed by atoms with E-state index in [1.807, 2.05) is 42.5 Å². The normalized spacial score (nSPS) is 17.3. The van der Waals surface area contributed by atoms with Gasteiger partial charge in [0.15, 0.2) is 0 Å². The number of hydrogen-bond acceptors (Lipinski definition) is 3. The average molecular weight is 281 g/mol. The van der Waals surface area contributed by atoms with Crippen LogP contribution in [0.4, 0.5) is 0 Å². The molecule has 0 radical (unpaired) electrons. The van der Waals surface area contributed by atoms with Crippen LogP contribution in [0.15, 0.2) is 54.6 Å². The molecule has 1 amide bonds. The molecular weight excluding hydrogens is 266 g/mol. The number of carbonyl (C=O) groups is 2. The molecule has 0 aromatic heterocycles. The number of cyclic esters (lactones) is 1. The molecule has 0 aliphatic carbocycles. The summed E-state index contributed by atoms with van der Waals surface area (Å²) >= 11 is 0. The lowest BCUT2D eigenvalue weighted by Crippen LogP contribution is -2.37. The maximum absolute atomic E-state index is 12.1. The number of esters is 1. The standard InChI is InChI=1S/C17H15NO3/c19-16(18-15-10-11-21-17(15)20)14-8-6-13(7-9-14)12-4-2-1-3-5-12/h1-9,15H,10-11H2,(H,18,19)/t15-/m0/s1. The Kier molecular flexibility index (Phi) is 3.69. The molecule has 106 valence electrons. The number of rotatable bonds is 3. The predicted molar refractivity (Wildman–Crippen MR) is 78.7 cm³/mol. The van der Waals surface area contributed by atoms with Gasteiger partial charge in [0.05, 0.1) is 6.61 Å². The first-order chi connectivity index (χ1) is 10.2. The van der Waals surface area contributed by atoms with Gasteiger partial charge >= 0.3 is 5.97 Å². The van der Waals surface area contributed by atoms with Gasteiger partial charge in [-0.05, 0) is 23.3 Å². The molecule has 4 nitrogen and oxygen atoms in total. The van der Waals surface area contributed by atoms with Crippen molar-refractivity contribution in [2.75, 3.05) is 6.61 Å². The summed E-state index contributed by atoms with van der Waals surface area (Å²) in [5, 5.41) is 2.69. The molecular formula is C17H15NO3. The van der Waals surface area contributed by atoms with Gasteiger partial charge in [-0.3, -0.25) is 4.79 Å². The Morgan fingerprint density at radius 3 is 2.29 bits per heavy atom. The molecule has 1 aliphatic heterocycles. The van der Waals surface area contributed by atoms with Crippen LogP contribution in [0.3, 0.4) is 0 Å². The summed E-state index contributed by atoms with van der Waals surface area (Å²) in [4.78, 5) is 23.4. The highest BCUT2D eigenvalue weighted by molar-refractivity contribution is 5.97. The fourth-order valence-electron chi connectivity index (χ4n) is 2.31. The van der Waals surface area contributed by atoms with Crippen LogP contribution in [-0.4, -0.2) is 24.5 Å². The van der Waals surface area contributed by atoms with Crippen molar-refractivity contribution in [2.45, 2.75) is 12.5 Å². The third kappa shape index (κ3) is 2.94. The molecule has 0 spiro atoms. The molecule has 2 aromatic rings. The Morgan fingerprint density at radius 2 is 1.67 bits per heavy atom. The Morgan fingerprint density at radius 1 is 1.00 bits per heavy atom. The van der Waals surface area contributed by atoms with Gasteiger partial charge in [-0.2, -0.15) is 0 Å². The Balaban J connectivity index is 1.72. The zero-order chi connectivity index (χ0) is 14.7. The molecule has 1 N–H and O–H groups in total. The maximum atomic E-state index is 12.1. The van der Waals surface area contributed by atoms with E-state index in [1.165, 1.54) is 0 Å². The van der Waals surface area contributed by atoms with Crippen molar-refractivity contribution in [3.05, 3.63) is 60.2 Å². The monoisotopic (exact) mass is 281 g/mol. The van der Waals surface area contributed by atoms with Crippen LogP contribution in [0.2, 0.25) is 0 Å². The summed E-state index contributed by atoms with van der Waals surface area (Å²) in [6, 6.07) is 16.7. The lowest BCUT2D eigenvalue weighted by atomic mass is 10.0. The number of carbonyl (C=O) groups excluding carboxylic acids is 2. The number of hydrogen-bond donors (Lipinski definition) is 1. The first kappa shape index (κ1) is 13.4. The van der Waals surface area contributed by atoms with E-state index in [2.05, 4.69) is 5.32 Å². The van der Waals surface area contributed by atoms with E-state index in [9.17, 15) is 9.59 Å². The highest BCUT2D eigenvalue weighted by atomic mass is 16.5. The maximum Gasteiger partial charge on any atom is 0.328 e. The van der Waals surface area contributed by atoms with Crippen LogP contribution in [0.1, 0.15) is 16.8 Å². The summed E-state index contributed by atoms with van der Waals surface area (Å²) in [7, 11) is 0. The predicted octanol–water partition coefficient (Wildman–Crippen LogP) is 2.40. The smallest absolute Gasteiger partial charge is 0.328 e. The molecule has 0 unspecified atom stereocenters. The minimum absolute atomic E-state index is 0.251. The molecule has 3 rings (SSSR count). The summed E-state index contributed by atoms with van der Waals surface area (Å²) < 4.78 is 4.83. The third-order valence-corrected chi connectivity index (χ3v) is 3.49. The molecule has 21 heavy (non-hydrogen) atoms. The van der Waals surface area contributed by atoms with Gasteiger partial charge in [-0.25, -0.2) is 4.79 Å². The van der Waals surface area contributed by atoms with Crippen molar-refractivity contribution in [1.82, 2.24) is 5.32 Å². The zero-order valence-electron chi connectivity index (χ0n) is 11.4. The first-order valence-corrected chi connectivity index (χ1v) is 6.87. The van der Waals surface area contributed by atoms with Gasteiger partial charge < -0.3 is 10.1 Å². The van der Waals surface area contributed by atoms with E-state index in [0.717, 1.165) is 11.1 Å². The molecule has 2 aromatic carbocycles. The van der Waals surface area contributed by atoms with Gasteiger partial charge in [-0.1, -0.05) is 42.5 Å². The SMILES string of the molecule is O=C(N[C@H]1CCOC1=O)c1ccc(-c2ccccc2)cc1. The molecule has 0 saturated carbocycles. The largest absolute Gasteiger partial charge is 0.464 e. The van der Waals surface area contributed by atoms with Crippen LogP contribution in [-0.2, 0) is 9.53 Å². The molecule has 1 atom stereocenters. The fourth-order valence-corrected chi connectivity index (χ4v) is 2.31. The molecule has 1 aliphatic rings. The average Bonchev–Trinajstić information content (AvgIpc) is 2.93. The van der Waals surface area contributed by atoms with Crippen molar-refractivity contribution in [3.63, 3.8) is 0 Å². The van der Waals surface area contributed by atoms with E-state index < -0.39 is 6.04 Å². The molecule has 1 fully saturated rings. The van der Waals surface area contributed by atoms with Crippen molar-refractivity contribution < 1.29 is 14.3 Å². The van der Waals surface area contributed by atoms with E-state index in [-0.39, 0.29) is 11.9 Å². The second kappa shape index (κ2) is 5.79. The van der Waals surface area contributed by atoms with Gasteiger partial charge in [-0.15, -0.1) is 0 Å². The van der Waals surface area contributed by atoms with Crippen LogP contribution in [0, 0.1) is 0 Å². The quantitative estimate of drug-likeness (QED) is 0.879. The summed E-state index contributed by atoms with van der Waals surface area (Å²) in [5.41, 5.74) is 2.69. The molecule has 1 saturated heterocycles. The summed E-state index contributed by atoms with van der Waals surface area (Å²) in [5.74, 6) is -0.609. The highest BCUT2D eigenvalue weighted by Gasteiger charge is 2.28. The van der Waals surface area contributed by atoms with Crippen LogP contribution >= 0.6 is 0 Å². The Bertz CT molecular complexity index is 649. The van der Waals surface area contributed by atoms with Gasteiger partial charge in [0.25, 0.3) is 5.91 Å². The molecule has 1 heterocycles. The highest BCUT2D eigenvalue weighted by Crippen LogP contribution is 2.19. The van der Waals surface area contributed by atoms with E-state index in [4.69, 9.17) is 4.74 Å². The first-order valence-electron chi connectivity index (χ1n) is 6.87. The Hall–Kier alpha value is -2.62. The second-order valence-corrected chi connectivity index (χ2v) is 4.93. The number of benzene rings is 2. The van der Waals surface area contributed by atoms with E-state index >= 15 is 0 Å². The van der Waals surface area contributed by atoms with Crippen molar-refractivity contribution >= 4 is 11.9 Å². The molecule has 4 heteroatoms. The topological polar surface area (TPSA) is 55.4 Å².